The maximum Gasteiger partial charge on any atom is 0.312 e. The number of nitrogens with zero attached hydrogens (tertiary/aromatic N) is 3. The Hall–Kier alpha value is -1.60. The van der Waals surface area contributed by atoms with Crippen molar-refractivity contribution in [3.63, 3.8) is 0 Å². The molecule has 0 fully saturated rings. The van der Waals surface area contributed by atoms with Gasteiger partial charge in [-0.25, -0.2) is 0 Å². The molecule has 78 valence electrons. The van der Waals surface area contributed by atoms with Crippen LogP contribution in [-0.4, -0.2) is 25.4 Å². The molecule has 1 aromatic carbocycles. The number of nitrogens with one attached hydrogen (secondary N) is 1. The fourth-order valence-electron chi connectivity index (χ4n) is 1.13. The van der Waals surface area contributed by atoms with Crippen LogP contribution < -0.4 is 0 Å². The fraction of sp³-hybridized carbons (Fsp3) is 0. The van der Waals surface area contributed by atoms with Gasteiger partial charge >= 0.3 is 5.69 Å². The van der Waals surface area contributed by atoms with Crippen molar-refractivity contribution < 1.29 is 10.0 Å². The molecule has 2 rings (SSSR count). The van der Waals surface area contributed by atoms with Crippen LogP contribution in [0.2, 0.25) is 10.0 Å². The van der Waals surface area contributed by atoms with Crippen molar-refractivity contribution in [2.45, 2.75) is 0 Å². The Morgan fingerprint density at radius 2 is 1.87 bits per heavy atom. The number of H-pyrrole nitrogens is 1. The van der Waals surface area contributed by atoms with Crippen LogP contribution in [0.1, 0.15) is 0 Å². The number of phenols is 1. The third-order valence-corrected chi connectivity index (χ3v) is 2.50. The number of aromatic nitrogens is 3. The van der Waals surface area contributed by atoms with Gasteiger partial charge in [0.2, 0.25) is 0 Å². The number of halogens is 2. The molecule has 0 unspecified atom stereocenters. The predicted octanol–water partition coefficient (Wildman–Crippen LogP) is 1.88. The van der Waals surface area contributed by atoms with E-state index in [0.717, 1.165) is 0 Å². The highest BCUT2D eigenvalue weighted by Gasteiger charge is 2.27. The van der Waals surface area contributed by atoms with Gasteiger partial charge in [-0.1, -0.05) is 23.2 Å². The molecule has 0 aliphatic carbocycles. The molecule has 0 radical (unpaired) electrons. The van der Waals surface area contributed by atoms with E-state index < -0.39 is 21.4 Å². The van der Waals surface area contributed by atoms with Crippen molar-refractivity contribution in [2.75, 3.05) is 0 Å². The van der Waals surface area contributed by atoms with E-state index in [-0.39, 0.29) is 16.1 Å². The number of benzene rings is 1. The molecule has 0 spiro atoms. The third kappa shape index (κ3) is 1.28. The Morgan fingerprint density at radius 3 is 2.47 bits per heavy atom. The number of hydrogen-bond acceptors (Lipinski definition) is 5. The van der Waals surface area contributed by atoms with Gasteiger partial charge in [-0.05, 0) is 0 Å². The van der Waals surface area contributed by atoms with E-state index in [1.165, 1.54) is 0 Å². The van der Waals surface area contributed by atoms with Crippen molar-refractivity contribution >= 4 is 39.9 Å². The summed E-state index contributed by atoms with van der Waals surface area (Å²) in [6, 6.07) is 0. The monoisotopic (exact) mass is 248 g/mol. The minimum absolute atomic E-state index is 0.00407. The zero-order chi connectivity index (χ0) is 11.2. The number of aromatic hydroxyl groups is 1. The molecule has 7 nitrogen and oxygen atoms in total. The Bertz CT molecular complexity index is 567. The van der Waals surface area contributed by atoms with Crippen molar-refractivity contribution in [3.05, 3.63) is 20.2 Å². The van der Waals surface area contributed by atoms with Crippen molar-refractivity contribution in [2.24, 2.45) is 0 Å². The van der Waals surface area contributed by atoms with Crippen molar-refractivity contribution in [3.8, 4) is 5.75 Å². The number of aromatic amines is 1. The summed E-state index contributed by atoms with van der Waals surface area (Å²) in [5.41, 5.74) is -0.585. The largest absolute Gasteiger partial charge is 0.504 e. The molecule has 0 bridgehead atoms. The second kappa shape index (κ2) is 3.21. The SMILES string of the molecule is O=[N+]([O-])c1c(Cl)c(O)c2n[nH]nc2c1Cl. The number of fused-ring (bicyclic) bond motifs is 1. The molecule has 0 saturated heterocycles. The van der Waals surface area contributed by atoms with Gasteiger partial charge in [0.05, 0.1) is 4.92 Å². The van der Waals surface area contributed by atoms with Crippen molar-refractivity contribution in [1.29, 1.82) is 0 Å². The first-order valence-corrected chi connectivity index (χ1v) is 4.34. The normalized spacial score (nSPS) is 10.8. The molecule has 15 heavy (non-hydrogen) atoms. The second-order valence-electron chi connectivity index (χ2n) is 2.60. The lowest BCUT2D eigenvalue weighted by Crippen LogP contribution is -1.92. The van der Waals surface area contributed by atoms with Gasteiger partial charge in [0.25, 0.3) is 0 Å². The zero-order valence-corrected chi connectivity index (χ0v) is 8.37. The maximum atomic E-state index is 10.6. The van der Waals surface area contributed by atoms with Gasteiger partial charge in [-0.3, -0.25) is 10.1 Å². The Balaban J connectivity index is 2.98. The summed E-state index contributed by atoms with van der Waals surface area (Å²) in [7, 11) is 0. The first kappa shape index (κ1) is 9.94. The molecule has 0 aliphatic rings. The van der Waals surface area contributed by atoms with Gasteiger partial charge in [-0.15, -0.1) is 0 Å². The Morgan fingerprint density at radius 1 is 1.27 bits per heavy atom. The standard InChI is InChI=1S/C6H2Cl2N4O3/c7-1-3-4(10-11-9-3)6(13)2(8)5(1)12(14)15/h13H,(H,9,10,11). The molecule has 9 heteroatoms. The van der Waals surface area contributed by atoms with Crippen LogP contribution in [0.5, 0.6) is 5.75 Å². The maximum absolute atomic E-state index is 10.6. The van der Waals surface area contributed by atoms with E-state index in [4.69, 9.17) is 23.2 Å². The summed E-state index contributed by atoms with van der Waals surface area (Å²) in [5.74, 6) is -0.517. The lowest BCUT2D eigenvalue weighted by Gasteiger charge is -2.00. The smallest absolute Gasteiger partial charge is 0.312 e. The Kier molecular flexibility index (Phi) is 2.13. The first-order valence-electron chi connectivity index (χ1n) is 3.58. The molecule has 0 amide bonds. The van der Waals surface area contributed by atoms with Crippen LogP contribution in [0, 0.1) is 10.1 Å². The number of nitro groups is 1. The quantitative estimate of drug-likeness (QED) is 0.592. The van der Waals surface area contributed by atoms with Crippen LogP contribution >= 0.6 is 23.2 Å². The molecule has 2 N–H and O–H groups in total. The van der Waals surface area contributed by atoms with Gasteiger partial charge in [0.15, 0.2) is 16.3 Å². The lowest BCUT2D eigenvalue weighted by atomic mass is 10.2. The summed E-state index contributed by atoms with van der Waals surface area (Å²) in [6.45, 7) is 0. The molecule has 0 atom stereocenters. The van der Waals surface area contributed by atoms with E-state index in [1.54, 1.807) is 0 Å². The number of hydrogen-bond donors (Lipinski definition) is 2. The van der Waals surface area contributed by atoms with E-state index >= 15 is 0 Å². The van der Waals surface area contributed by atoms with Crippen LogP contribution in [0.4, 0.5) is 5.69 Å². The van der Waals surface area contributed by atoms with Crippen molar-refractivity contribution in [1.82, 2.24) is 15.4 Å². The topological polar surface area (TPSA) is 105 Å². The van der Waals surface area contributed by atoms with E-state index in [0.29, 0.717) is 0 Å². The fourth-order valence-corrected chi connectivity index (χ4v) is 1.73. The van der Waals surface area contributed by atoms with E-state index in [9.17, 15) is 15.2 Å². The van der Waals surface area contributed by atoms with E-state index in [2.05, 4.69) is 15.4 Å². The van der Waals surface area contributed by atoms with Crippen LogP contribution in [-0.2, 0) is 0 Å². The first-order chi connectivity index (χ1) is 7.04. The summed E-state index contributed by atoms with van der Waals surface area (Å²) in [6.07, 6.45) is 0. The lowest BCUT2D eigenvalue weighted by molar-refractivity contribution is -0.384. The summed E-state index contributed by atoms with van der Waals surface area (Å²) >= 11 is 11.3. The average molecular weight is 249 g/mol. The van der Waals surface area contributed by atoms with Gasteiger partial charge < -0.3 is 5.11 Å². The number of nitro benzene ring substituents is 1. The number of phenolic OH excluding ortho intramolecular Hbond substituents is 1. The van der Waals surface area contributed by atoms with Gasteiger partial charge in [-0.2, -0.15) is 15.4 Å². The number of rotatable bonds is 1. The summed E-state index contributed by atoms with van der Waals surface area (Å²) in [5, 5.41) is 28.7. The zero-order valence-electron chi connectivity index (χ0n) is 6.86. The minimum Gasteiger partial charge on any atom is -0.504 e. The Labute approximate surface area is 91.8 Å². The molecule has 1 aromatic heterocycles. The second-order valence-corrected chi connectivity index (χ2v) is 3.36. The van der Waals surface area contributed by atoms with Gasteiger partial charge in [0.1, 0.15) is 10.5 Å². The summed E-state index contributed by atoms with van der Waals surface area (Å²) in [4.78, 5) is 9.83. The third-order valence-electron chi connectivity index (χ3n) is 1.79. The molecule has 0 aliphatic heterocycles. The highest BCUT2D eigenvalue weighted by atomic mass is 35.5. The predicted molar refractivity (Wildman–Crippen MR) is 52.2 cm³/mol. The molecule has 1 heterocycles. The molecular weight excluding hydrogens is 247 g/mol. The molecule has 0 saturated carbocycles. The average Bonchev–Trinajstić information content (AvgIpc) is 2.62. The highest BCUT2D eigenvalue weighted by Crippen LogP contribution is 2.44. The van der Waals surface area contributed by atoms with Gasteiger partial charge in [0, 0.05) is 0 Å². The van der Waals surface area contributed by atoms with Crippen LogP contribution in [0.25, 0.3) is 11.0 Å². The van der Waals surface area contributed by atoms with Crippen LogP contribution in [0.3, 0.4) is 0 Å². The van der Waals surface area contributed by atoms with E-state index in [1.807, 2.05) is 0 Å². The molecule has 2 aromatic rings. The summed E-state index contributed by atoms with van der Waals surface area (Å²) < 4.78 is 0. The highest BCUT2D eigenvalue weighted by molar-refractivity contribution is 6.42. The van der Waals surface area contributed by atoms with Crippen LogP contribution in [0.15, 0.2) is 0 Å². The minimum atomic E-state index is -0.793. The molecular formula is C6H2Cl2N4O3.